The molecule has 0 aliphatic heterocycles. The Bertz CT molecular complexity index is 426. The third-order valence-corrected chi connectivity index (χ3v) is 3.81. The van der Waals surface area contributed by atoms with Crippen LogP contribution in [0.1, 0.15) is 42.4 Å². The highest BCUT2D eigenvalue weighted by atomic mass is 32.1. The largest absolute Gasteiger partial charge is 0.481 e. The molecule has 1 aromatic heterocycles. The summed E-state index contributed by atoms with van der Waals surface area (Å²) in [6.07, 6.45) is 0.758. The molecule has 0 aliphatic rings. The zero-order chi connectivity index (χ0) is 13.7. The third-order valence-electron chi connectivity index (χ3n) is 2.85. The molecule has 1 unspecified atom stereocenters. The van der Waals surface area contributed by atoms with E-state index in [2.05, 4.69) is 5.32 Å². The summed E-state index contributed by atoms with van der Waals surface area (Å²) in [5.41, 5.74) is 1.01. The number of aliphatic carboxylic acids is 1. The van der Waals surface area contributed by atoms with Crippen molar-refractivity contribution in [2.24, 2.45) is 5.92 Å². The molecule has 2 N–H and O–H groups in total. The topological polar surface area (TPSA) is 66.4 Å². The lowest BCUT2D eigenvalue weighted by molar-refractivity contribution is -0.137. The van der Waals surface area contributed by atoms with Gasteiger partial charge in [-0.15, -0.1) is 11.3 Å². The molecule has 1 rings (SSSR count). The van der Waals surface area contributed by atoms with E-state index in [1.54, 1.807) is 0 Å². The number of carbonyl (C=O) groups is 2. The van der Waals surface area contributed by atoms with Gasteiger partial charge in [-0.25, -0.2) is 0 Å². The summed E-state index contributed by atoms with van der Waals surface area (Å²) in [6.45, 7) is 5.81. The maximum absolute atomic E-state index is 12.1. The minimum atomic E-state index is -0.893. The van der Waals surface area contributed by atoms with Crippen molar-refractivity contribution in [2.75, 3.05) is 0 Å². The van der Waals surface area contributed by atoms with Gasteiger partial charge in [0, 0.05) is 6.04 Å². The highest BCUT2D eigenvalue weighted by Gasteiger charge is 2.21. The van der Waals surface area contributed by atoms with E-state index in [1.807, 2.05) is 32.2 Å². The van der Waals surface area contributed by atoms with Gasteiger partial charge in [-0.2, -0.15) is 0 Å². The first-order valence-corrected chi connectivity index (χ1v) is 6.92. The molecule has 0 saturated carbocycles. The third kappa shape index (κ3) is 3.84. The van der Waals surface area contributed by atoms with Crippen LogP contribution in [0.5, 0.6) is 0 Å². The number of carboxylic acid groups (broad SMARTS) is 1. The second-order valence-electron chi connectivity index (χ2n) is 4.55. The quantitative estimate of drug-likeness (QED) is 0.834. The summed E-state index contributed by atoms with van der Waals surface area (Å²) >= 11 is 1.40. The zero-order valence-corrected chi connectivity index (χ0v) is 11.7. The van der Waals surface area contributed by atoms with E-state index in [9.17, 15) is 9.59 Å². The SMILES string of the molecule is CCc1ccsc1C(=O)NC(CC(=O)O)C(C)C. The van der Waals surface area contributed by atoms with Crippen LogP contribution in [0.2, 0.25) is 0 Å². The highest BCUT2D eigenvalue weighted by molar-refractivity contribution is 7.12. The number of hydrogen-bond acceptors (Lipinski definition) is 3. The second kappa shape index (κ2) is 6.54. The number of carboxylic acids is 1. The van der Waals surface area contributed by atoms with E-state index in [1.165, 1.54) is 11.3 Å². The lowest BCUT2D eigenvalue weighted by Gasteiger charge is -2.20. The maximum atomic E-state index is 12.1. The lowest BCUT2D eigenvalue weighted by Crippen LogP contribution is -2.40. The van der Waals surface area contributed by atoms with E-state index in [-0.39, 0.29) is 24.3 Å². The van der Waals surface area contributed by atoms with Crippen LogP contribution in [0, 0.1) is 5.92 Å². The van der Waals surface area contributed by atoms with Crippen LogP contribution >= 0.6 is 11.3 Å². The average Bonchev–Trinajstić information content (AvgIpc) is 2.75. The van der Waals surface area contributed by atoms with Crippen molar-refractivity contribution in [2.45, 2.75) is 39.7 Å². The Morgan fingerprint density at radius 2 is 2.11 bits per heavy atom. The van der Waals surface area contributed by atoms with Crippen LogP contribution in [0.3, 0.4) is 0 Å². The molecule has 18 heavy (non-hydrogen) atoms. The van der Waals surface area contributed by atoms with Gasteiger partial charge in [0.15, 0.2) is 0 Å². The summed E-state index contributed by atoms with van der Waals surface area (Å²) in [5, 5.41) is 13.5. The number of rotatable bonds is 6. The van der Waals surface area contributed by atoms with Gasteiger partial charge in [0.05, 0.1) is 11.3 Å². The molecule has 1 amide bonds. The highest BCUT2D eigenvalue weighted by Crippen LogP contribution is 2.18. The van der Waals surface area contributed by atoms with Crippen LogP contribution < -0.4 is 5.32 Å². The molecule has 1 aromatic rings. The van der Waals surface area contributed by atoms with Gasteiger partial charge in [0.25, 0.3) is 5.91 Å². The second-order valence-corrected chi connectivity index (χ2v) is 5.47. The number of nitrogens with one attached hydrogen (secondary N) is 1. The standard InChI is InChI=1S/C13H19NO3S/c1-4-9-5-6-18-12(9)13(17)14-10(8(2)3)7-11(15)16/h5-6,8,10H,4,7H2,1-3H3,(H,14,17)(H,15,16). The van der Waals surface area contributed by atoms with E-state index >= 15 is 0 Å². The van der Waals surface area contributed by atoms with Crippen molar-refractivity contribution < 1.29 is 14.7 Å². The molecule has 0 aromatic carbocycles. The van der Waals surface area contributed by atoms with Crippen LogP contribution in [-0.2, 0) is 11.2 Å². The first kappa shape index (κ1) is 14.7. The van der Waals surface area contributed by atoms with Crippen LogP contribution in [0.15, 0.2) is 11.4 Å². The van der Waals surface area contributed by atoms with Gasteiger partial charge in [0.2, 0.25) is 0 Å². The van der Waals surface area contributed by atoms with Crippen molar-refractivity contribution in [1.29, 1.82) is 0 Å². The normalized spacial score (nSPS) is 12.4. The van der Waals surface area contributed by atoms with Crippen LogP contribution in [-0.4, -0.2) is 23.0 Å². The molecular weight excluding hydrogens is 250 g/mol. The summed E-state index contributed by atoms with van der Waals surface area (Å²) in [4.78, 5) is 23.5. The maximum Gasteiger partial charge on any atom is 0.305 e. The lowest BCUT2D eigenvalue weighted by atomic mass is 10.0. The van der Waals surface area contributed by atoms with Gasteiger partial charge in [-0.05, 0) is 29.3 Å². The molecule has 5 heteroatoms. The molecule has 1 heterocycles. The minimum absolute atomic E-state index is 0.0454. The molecule has 0 aliphatic carbocycles. The Labute approximate surface area is 111 Å². The Hall–Kier alpha value is -1.36. The Kier molecular flexibility index (Phi) is 5.34. The Balaban J connectivity index is 2.75. The van der Waals surface area contributed by atoms with E-state index < -0.39 is 5.97 Å². The fourth-order valence-electron chi connectivity index (χ4n) is 1.69. The van der Waals surface area contributed by atoms with Gasteiger partial charge in [-0.3, -0.25) is 9.59 Å². The van der Waals surface area contributed by atoms with Crippen LogP contribution in [0.4, 0.5) is 0 Å². The summed E-state index contributed by atoms with van der Waals surface area (Å²) in [7, 11) is 0. The molecule has 0 radical (unpaired) electrons. The molecule has 0 bridgehead atoms. The summed E-state index contributed by atoms with van der Waals surface area (Å²) < 4.78 is 0. The van der Waals surface area contributed by atoms with Gasteiger partial charge in [-0.1, -0.05) is 20.8 Å². The van der Waals surface area contributed by atoms with E-state index in [4.69, 9.17) is 5.11 Å². The molecule has 0 saturated heterocycles. The summed E-state index contributed by atoms with van der Waals surface area (Å²) in [6, 6.07) is 1.60. The monoisotopic (exact) mass is 269 g/mol. The first-order valence-electron chi connectivity index (χ1n) is 6.04. The minimum Gasteiger partial charge on any atom is -0.481 e. The predicted octanol–water partition coefficient (Wildman–Crippen LogP) is 2.54. The van der Waals surface area contributed by atoms with E-state index in [0.717, 1.165) is 12.0 Å². The predicted molar refractivity (Wildman–Crippen MR) is 72.0 cm³/mol. The van der Waals surface area contributed by atoms with Crippen molar-refractivity contribution in [3.63, 3.8) is 0 Å². The van der Waals surface area contributed by atoms with Crippen molar-refractivity contribution in [3.05, 3.63) is 21.9 Å². The number of carbonyl (C=O) groups excluding carboxylic acids is 1. The van der Waals surface area contributed by atoms with Crippen molar-refractivity contribution in [3.8, 4) is 0 Å². The van der Waals surface area contributed by atoms with Gasteiger partial charge >= 0.3 is 5.97 Å². The van der Waals surface area contributed by atoms with E-state index in [0.29, 0.717) is 4.88 Å². The van der Waals surface area contributed by atoms with Crippen molar-refractivity contribution >= 4 is 23.2 Å². The smallest absolute Gasteiger partial charge is 0.305 e. The van der Waals surface area contributed by atoms with Crippen LogP contribution in [0.25, 0.3) is 0 Å². The number of hydrogen-bond donors (Lipinski definition) is 2. The molecule has 0 spiro atoms. The molecule has 4 nitrogen and oxygen atoms in total. The number of aryl methyl sites for hydroxylation is 1. The molecular formula is C13H19NO3S. The molecule has 0 fully saturated rings. The molecule has 100 valence electrons. The average molecular weight is 269 g/mol. The van der Waals surface area contributed by atoms with Gasteiger partial charge in [0.1, 0.15) is 0 Å². The summed E-state index contributed by atoms with van der Waals surface area (Å²) in [5.74, 6) is -0.965. The fraction of sp³-hybridized carbons (Fsp3) is 0.538. The molecule has 1 atom stereocenters. The van der Waals surface area contributed by atoms with Gasteiger partial charge < -0.3 is 10.4 Å². The fourth-order valence-corrected chi connectivity index (χ4v) is 2.59. The van der Waals surface area contributed by atoms with Crippen molar-refractivity contribution in [1.82, 2.24) is 5.32 Å². The first-order chi connectivity index (χ1) is 8.45. The zero-order valence-electron chi connectivity index (χ0n) is 10.9. The Morgan fingerprint density at radius 1 is 1.44 bits per heavy atom. The number of amides is 1. The Morgan fingerprint density at radius 3 is 2.61 bits per heavy atom. The number of thiophene rings is 1.